The van der Waals surface area contributed by atoms with Crippen molar-refractivity contribution in [3.63, 3.8) is 0 Å². The smallest absolute Gasteiger partial charge is 0.123 e. The number of anilines is 1. The Labute approximate surface area is 101 Å². The Morgan fingerprint density at radius 1 is 1.56 bits per heavy atom. The van der Waals surface area contributed by atoms with Crippen LogP contribution in [-0.4, -0.2) is 6.61 Å². The Bertz CT molecular complexity index is 399. The third-order valence-corrected chi connectivity index (χ3v) is 2.46. The van der Waals surface area contributed by atoms with Crippen molar-refractivity contribution in [1.29, 1.82) is 0 Å². The molecule has 1 aromatic carbocycles. The molecule has 0 unspecified atom stereocenters. The molecule has 0 heterocycles. The first kappa shape index (κ1) is 12.7. The Morgan fingerprint density at radius 2 is 2.31 bits per heavy atom. The molecule has 1 aromatic rings. The summed E-state index contributed by atoms with van der Waals surface area (Å²) in [6.07, 6.45) is 2.57. The van der Waals surface area contributed by atoms with Gasteiger partial charge in [-0.2, -0.15) is 0 Å². The number of halogens is 1. The van der Waals surface area contributed by atoms with E-state index < -0.39 is 0 Å². The van der Waals surface area contributed by atoms with E-state index in [4.69, 9.17) is 22.1 Å². The van der Waals surface area contributed by atoms with Gasteiger partial charge in [0, 0.05) is 11.2 Å². The first-order chi connectivity index (χ1) is 7.67. The van der Waals surface area contributed by atoms with E-state index in [2.05, 4.69) is 6.58 Å². The quantitative estimate of drug-likeness (QED) is 0.628. The van der Waals surface area contributed by atoms with Gasteiger partial charge in [-0.25, -0.2) is 0 Å². The average molecular weight is 238 g/mol. The molecule has 2 N–H and O–H groups in total. The molecule has 0 fully saturated rings. The Morgan fingerprint density at radius 3 is 2.94 bits per heavy atom. The molecule has 0 amide bonds. The SMILES string of the molecule is C=CCc1cc(N)ccc1OC/C(C)=C\Cl. The summed E-state index contributed by atoms with van der Waals surface area (Å²) < 4.78 is 5.64. The van der Waals surface area contributed by atoms with E-state index in [1.165, 1.54) is 5.54 Å². The summed E-state index contributed by atoms with van der Waals surface area (Å²) in [6, 6.07) is 5.59. The topological polar surface area (TPSA) is 35.2 Å². The maximum atomic E-state index is 5.72. The number of ether oxygens (including phenoxy) is 1. The van der Waals surface area contributed by atoms with Gasteiger partial charge >= 0.3 is 0 Å². The first-order valence-corrected chi connectivity index (χ1v) is 5.49. The summed E-state index contributed by atoms with van der Waals surface area (Å²) in [7, 11) is 0. The summed E-state index contributed by atoms with van der Waals surface area (Å²) in [6.45, 7) is 6.11. The summed E-state index contributed by atoms with van der Waals surface area (Å²) in [5, 5.41) is 0. The molecular weight excluding hydrogens is 222 g/mol. The van der Waals surface area contributed by atoms with Crippen LogP contribution in [0.2, 0.25) is 0 Å². The van der Waals surface area contributed by atoms with Gasteiger partial charge in [-0.1, -0.05) is 17.7 Å². The summed E-state index contributed by atoms with van der Waals surface area (Å²) in [5.74, 6) is 0.826. The Kier molecular flexibility index (Phi) is 4.93. The van der Waals surface area contributed by atoms with Crippen LogP contribution in [0.4, 0.5) is 5.69 Å². The zero-order chi connectivity index (χ0) is 12.0. The van der Waals surface area contributed by atoms with Gasteiger partial charge in [-0.3, -0.25) is 0 Å². The molecule has 0 radical (unpaired) electrons. The number of nitrogen functional groups attached to an aromatic ring is 1. The molecule has 2 nitrogen and oxygen atoms in total. The lowest BCUT2D eigenvalue weighted by atomic mass is 10.1. The molecule has 0 aliphatic carbocycles. The summed E-state index contributed by atoms with van der Waals surface area (Å²) in [5.41, 5.74) is 9.98. The van der Waals surface area contributed by atoms with Crippen molar-refractivity contribution in [2.45, 2.75) is 13.3 Å². The van der Waals surface area contributed by atoms with Gasteiger partial charge in [0.05, 0.1) is 0 Å². The van der Waals surface area contributed by atoms with Gasteiger partial charge in [-0.15, -0.1) is 6.58 Å². The number of hydrogen-bond donors (Lipinski definition) is 1. The largest absolute Gasteiger partial charge is 0.489 e. The first-order valence-electron chi connectivity index (χ1n) is 5.05. The summed E-state index contributed by atoms with van der Waals surface area (Å²) >= 11 is 5.57. The highest BCUT2D eigenvalue weighted by Crippen LogP contribution is 2.22. The van der Waals surface area contributed by atoms with Crippen LogP contribution >= 0.6 is 11.6 Å². The van der Waals surface area contributed by atoms with Crippen molar-refractivity contribution in [3.05, 3.63) is 47.5 Å². The zero-order valence-electron chi connectivity index (χ0n) is 9.37. The maximum Gasteiger partial charge on any atom is 0.123 e. The zero-order valence-corrected chi connectivity index (χ0v) is 10.1. The third-order valence-electron chi connectivity index (χ3n) is 2.09. The van der Waals surface area contributed by atoms with Crippen LogP contribution in [0.5, 0.6) is 5.75 Å². The molecule has 0 aliphatic heterocycles. The third kappa shape index (κ3) is 3.63. The van der Waals surface area contributed by atoms with Crippen molar-refractivity contribution in [1.82, 2.24) is 0 Å². The van der Waals surface area contributed by atoms with E-state index in [9.17, 15) is 0 Å². The molecule has 86 valence electrons. The van der Waals surface area contributed by atoms with Crippen molar-refractivity contribution >= 4 is 17.3 Å². The van der Waals surface area contributed by atoms with E-state index in [-0.39, 0.29) is 0 Å². The minimum atomic E-state index is 0.484. The number of rotatable bonds is 5. The molecule has 0 saturated heterocycles. The second-order valence-corrected chi connectivity index (χ2v) is 3.82. The Balaban J connectivity index is 2.81. The van der Waals surface area contributed by atoms with Crippen molar-refractivity contribution in [3.8, 4) is 5.75 Å². The monoisotopic (exact) mass is 237 g/mol. The van der Waals surface area contributed by atoms with Gasteiger partial charge in [0.1, 0.15) is 12.4 Å². The average Bonchev–Trinajstić information content (AvgIpc) is 2.28. The molecule has 16 heavy (non-hydrogen) atoms. The van der Waals surface area contributed by atoms with Crippen LogP contribution in [-0.2, 0) is 6.42 Å². The molecule has 0 bridgehead atoms. The molecule has 0 saturated carbocycles. The lowest BCUT2D eigenvalue weighted by Crippen LogP contribution is -2.01. The Hall–Kier alpha value is -1.41. The van der Waals surface area contributed by atoms with Crippen LogP contribution in [0, 0.1) is 0 Å². The van der Waals surface area contributed by atoms with E-state index in [0.29, 0.717) is 6.61 Å². The molecule has 3 heteroatoms. The van der Waals surface area contributed by atoms with Gasteiger partial charge in [0.15, 0.2) is 0 Å². The minimum Gasteiger partial charge on any atom is -0.489 e. The predicted octanol–water partition coefficient (Wildman–Crippen LogP) is 3.52. The van der Waals surface area contributed by atoms with Gasteiger partial charge in [0.2, 0.25) is 0 Å². The van der Waals surface area contributed by atoms with E-state index in [0.717, 1.165) is 29.0 Å². The highest BCUT2D eigenvalue weighted by atomic mass is 35.5. The van der Waals surface area contributed by atoms with Crippen LogP contribution in [0.15, 0.2) is 42.0 Å². The van der Waals surface area contributed by atoms with Crippen LogP contribution < -0.4 is 10.5 Å². The molecule has 0 atom stereocenters. The van der Waals surface area contributed by atoms with Gasteiger partial charge in [-0.05, 0) is 42.7 Å². The van der Waals surface area contributed by atoms with Gasteiger partial charge in [0.25, 0.3) is 0 Å². The van der Waals surface area contributed by atoms with Crippen molar-refractivity contribution in [2.24, 2.45) is 0 Å². The fourth-order valence-corrected chi connectivity index (χ4v) is 1.34. The lowest BCUT2D eigenvalue weighted by Gasteiger charge is -2.11. The van der Waals surface area contributed by atoms with Crippen LogP contribution in [0.25, 0.3) is 0 Å². The van der Waals surface area contributed by atoms with E-state index >= 15 is 0 Å². The number of benzene rings is 1. The summed E-state index contributed by atoms with van der Waals surface area (Å²) in [4.78, 5) is 0. The highest BCUT2D eigenvalue weighted by molar-refractivity contribution is 6.25. The minimum absolute atomic E-state index is 0.484. The molecular formula is C13H16ClNO. The standard InChI is InChI=1S/C13H16ClNO/c1-3-4-11-7-12(15)5-6-13(11)16-9-10(2)8-14/h3,5-8H,1,4,9,15H2,2H3/b10-8-. The van der Waals surface area contributed by atoms with Gasteiger partial charge < -0.3 is 10.5 Å². The van der Waals surface area contributed by atoms with Crippen molar-refractivity contribution < 1.29 is 4.74 Å². The second kappa shape index (κ2) is 6.23. The fraction of sp³-hybridized carbons (Fsp3) is 0.231. The van der Waals surface area contributed by atoms with Crippen LogP contribution in [0.1, 0.15) is 12.5 Å². The maximum absolute atomic E-state index is 5.72. The molecule has 0 spiro atoms. The predicted molar refractivity (Wildman–Crippen MR) is 69.9 cm³/mol. The molecule has 0 aromatic heterocycles. The normalized spacial score (nSPS) is 11.2. The van der Waals surface area contributed by atoms with Crippen LogP contribution in [0.3, 0.4) is 0 Å². The van der Waals surface area contributed by atoms with E-state index in [1.54, 1.807) is 0 Å². The number of allylic oxidation sites excluding steroid dienone is 1. The second-order valence-electron chi connectivity index (χ2n) is 3.60. The highest BCUT2D eigenvalue weighted by Gasteiger charge is 2.03. The number of hydrogen-bond acceptors (Lipinski definition) is 2. The molecule has 0 aliphatic rings. The lowest BCUT2D eigenvalue weighted by molar-refractivity contribution is 0.349. The van der Waals surface area contributed by atoms with Crippen molar-refractivity contribution in [2.75, 3.05) is 12.3 Å². The van der Waals surface area contributed by atoms with E-state index in [1.807, 2.05) is 31.2 Å². The molecule has 1 rings (SSSR count). The number of nitrogens with two attached hydrogens (primary N) is 1. The fourth-order valence-electron chi connectivity index (χ4n) is 1.28.